The van der Waals surface area contributed by atoms with Gasteiger partial charge in [-0.15, -0.1) is 11.6 Å². The quantitative estimate of drug-likeness (QED) is 0.690. The minimum absolute atomic E-state index is 0.617. The van der Waals surface area contributed by atoms with Gasteiger partial charge in [0.1, 0.15) is 0 Å². The first-order valence-corrected chi connectivity index (χ1v) is 7.30. The molecule has 1 aliphatic carbocycles. The van der Waals surface area contributed by atoms with Gasteiger partial charge in [0.05, 0.1) is 0 Å². The van der Waals surface area contributed by atoms with Crippen LogP contribution in [0.25, 0.3) is 0 Å². The van der Waals surface area contributed by atoms with E-state index in [0.29, 0.717) is 11.5 Å². The molecule has 0 aromatic heterocycles. The molecule has 2 aliphatic rings. The summed E-state index contributed by atoms with van der Waals surface area (Å²) >= 11 is 8.07. The van der Waals surface area contributed by atoms with E-state index in [9.17, 15) is 0 Å². The first-order chi connectivity index (χ1) is 6.73. The third kappa shape index (κ3) is 2.40. The van der Waals surface area contributed by atoms with Crippen molar-refractivity contribution in [3.63, 3.8) is 0 Å². The van der Waals surface area contributed by atoms with Gasteiger partial charge in [-0.25, -0.2) is 0 Å². The number of rotatable bonds is 3. The molecular formula is C11H20ClNS. The van der Waals surface area contributed by atoms with Crippen LogP contribution in [0, 0.1) is 5.41 Å². The molecule has 0 spiro atoms. The smallest absolute Gasteiger partial charge is 0.0387 e. The van der Waals surface area contributed by atoms with Gasteiger partial charge in [-0.05, 0) is 18.3 Å². The lowest BCUT2D eigenvalue weighted by atomic mass is 9.70. The number of thioether (sulfide) groups is 1. The molecule has 2 fully saturated rings. The zero-order chi connectivity index (χ0) is 10.0. The van der Waals surface area contributed by atoms with Crippen molar-refractivity contribution in [2.24, 2.45) is 5.41 Å². The minimum Gasteiger partial charge on any atom is -0.297 e. The molecule has 1 aliphatic heterocycles. The molecule has 1 saturated carbocycles. The van der Waals surface area contributed by atoms with Crippen molar-refractivity contribution in [3.8, 4) is 0 Å². The Bertz CT molecular complexity index is 194. The van der Waals surface area contributed by atoms with Crippen molar-refractivity contribution in [2.75, 3.05) is 30.5 Å². The summed E-state index contributed by atoms with van der Waals surface area (Å²) in [5, 5.41) is 0. The molecule has 3 heteroatoms. The van der Waals surface area contributed by atoms with Gasteiger partial charge < -0.3 is 0 Å². The second kappa shape index (κ2) is 4.63. The van der Waals surface area contributed by atoms with E-state index in [4.69, 9.17) is 11.6 Å². The SMILES string of the molecule is CC1(CN2CCSCC2CCl)CCC1. The van der Waals surface area contributed by atoms with E-state index >= 15 is 0 Å². The van der Waals surface area contributed by atoms with Gasteiger partial charge in [0.25, 0.3) is 0 Å². The summed E-state index contributed by atoms with van der Waals surface area (Å²) in [4.78, 5) is 2.63. The fourth-order valence-electron chi connectivity index (χ4n) is 2.47. The van der Waals surface area contributed by atoms with Crippen molar-refractivity contribution in [2.45, 2.75) is 32.2 Å². The third-order valence-corrected chi connectivity index (χ3v) is 5.12. The van der Waals surface area contributed by atoms with Crippen LogP contribution >= 0.6 is 23.4 Å². The second-order valence-electron chi connectivity index (χ2n) is 5.02. The summed E-state index contributed by atoms with van der Waals surface area (Å²) in [7, 11) is 0. The molecule has 1 unspecified atom stereocenters. The maximum absolute atomic E-state index is 6.01. The Morgan fingerprint density at radius 1 is 1.50 bits per heavy atom. The van der Waals surface area contributed by atoms with Crippen LogP contribution in [0.1, 0.15) is 26.2 Å². The summed E-state index contributed by atoms with van der Waals surface area (Å²) in [6.45, 7) is 4.96. The number of nitrogens with zero attached hydrogens (tertiary/aromatic N) is 1. The van der Waals surface area contributed by atoms with Crippen LogP contribution < -0.4 is 0 Å². The highest BCUT2D eigenvalue weighted by Gasteiger charge is 2.35. The van der Waals surface area contributed by atoms with Gasteiger partial charge in [0.15, 0.2) is 0 Å². The highest BCUT2D eigenvalue weighted by molar-refractivity contribution is 7.99. The molecule has 0 N–H and O–H groups in total. The summed E-state index contributed by atoms with van der Waals surface area (Å²) in [5.41, 5.74) is 0.617. The molecular weight excluding hydrogens is 214 g/mol. The molecule has 14 heavy (non-hydrogen) atoms. The number of hydrogen-bond acceptors (Lipinski definition) is 2. The van der Waals surface area contributed by atoms with Gasteiger partial charge in [0, 0.05) is 36.5 Å². The van der Waals surface area contributed by atoms with E-state index in [0.717, 1.165) is 5.88 Å². The van der Waals surface area contributed by atoms with Gasteiger partial charge in [0.2, 0.25) is 0 Å². The zero-order valence-electron chi connectivity index (χ0n) is 8.97. The fourth-order valence-corrected chi connectivity index (χ4v) is 4.03. The minimum atomic E-state index is 0.617. The Hall–Kier alpha value is 0.600. The molecule has 82 valence electrons. The molecule has 1 atom stereocenters. The molecule has 2 rings (SSSR count). The highest BCUT2D eigenvalue weighted by atomic mass is 35.5. The van der Waals surface area contributed by atoms with Crippen LogP contribution in [0.15, 0.2) is 0 Å². The lowest BCUT2D eigenvalue weighted by Gasteiger charge is -2.45. The average Bonchev–Trinajstić information content (AvgIpc) is 2.16. The van der Waals surface area contributed by atoms with Gasteiger partial charge in [-0.2, -0.15) is 11.8 Å². The van der Waals surface area contributed by atoms with Crippen molar-refractivity contribution in [1.29, 1.82) is 0 Å². The molecule has 1 saturated heterocycles. The second-order valence-corrected chi connectivity index (χ2v) is 6.48. The molecule has 0 amide bonds. The van der Waals surface area contributed by atoms with Crippen molar-refractivity contribution < 1.29 is 0 Å². The van der Waals surface area contributed by atoms with Crippen molar-refractivity contribution in [1.82, 2.24) is 4.90 Å². The Balaban J connectivity index is 1.87. The van der Waals surface area contributed by atoms with E-state index in [1.54, 1.807) is 0 Å². The maximum Gasteiger partial charge on any atom is 0.0387 e. The van der Waals surface area contributed by atoms with E-state index in [-0.39, 0.29) is 0 Å². The van der Waals surface area contributed by atoms with E-state index in [2.05, 4.69) is 23.6 Å². The average molecular weight is 234 g/mol. The van der Waals surface area contributed by atoms with Gasteiger partial charge in [-0.3, -0.25) is 4.90 Å². The molecule has 0 aromatic rings. The molecule has 0 radical (unpaired) electrons. The van der Waals surface area contributed by atoms with Gasteiger partial charge >= 0.3 is 0 Å². The Labute approximate surface area is 96.6 Å². The topological polar surface area (TPSA) is 3.24 Å². The monoisotopic (exact) mass is 233 g/mol. The molecule has 1 heterocycles. The summed E-state index contributed by atoms with van der Waals surface area (Å²) in [6, 6.07) is 0.632. The largest absolute Gasteiger partial charge is 0.297 e. The van der Waals surface area contributed by atoms with Crippen LogP contribution in [0.4, 0.5) is 0 Å². The Morgan fingerprint density at radius 3 is 2.86 bits per heavy atom. The van der Waals surface area contributed by atoms with Crippen LogP contribution in [0.5, 0.6) is 0 Å². The lowest BCUT2D eigenvalue weighted by Crippen LogP contribution is -2.49. The normalized spacial score (nSPS) is 32.6. The molecule has 0 bridgehead atoms. The predicted octanol–water partition coefficient (Wildman–Crippen LogP) is 2.83. The molecule has 0 aromatic carbocycles. The first kappa shape index (κ1) is 11.1. The van der Waals surface area contributed by atoms with Crippen LogP contribution in [-0.2, 0) is 0 Å². The van der Waals surface area contributed by atoms with Crippen molar-refractivity contribution in [3.05, 3.63) is 0 Å². The molecule has 1 nitrogen and oxygen atoms in total. The summed E-state index contributed by atoms with van der Waals surface area (Å²) in [6.07, 6.45) is 4.28. The zero-order valence-corrected chi connectivity index (χ0v) is 10.5. The predicted molar refractivity (Wildman–Crippen MR) is 65.4 cm³/mol. The van der Waals surface area contributed by atoms with Crippen LogP contribution in [0.3, 0.4) is 0 Å². The summed E-state index contributed by atoms with van der Waals surface area (Å²) < 4.78 is 0. The maximum atomic E-state index is 6.01. The van der Waals surface area contributed by atoms with E-state index < -0.39 is 0 Å². The Kier molecular flexibility index (Phi) is 3.67. The first-order valence-electron chi connectivity index (χ1n) is 5.61. The fraction of sp³-hybridized carbons (Fsp3) is 1.00. The Morgan fingerprint density at radius 2 is 2.29 bits per heavy atom. The lowest BCUT2D eigenvalue weighted by molar-refractivity contribution is 0.0721. The standard InChI is InChI=1S/C11H20ClNS/c1-11(3-2-4-11)9-13-5-6-14-8-10(13)7-12/h10H,2-9H2,1H3. The summed E-state index contributed by atoms with van der Waals surface area (Å²) in [5.74, 6) is 3.34. The van der Waals surface area contributed by atoms with E-state index in [1.807, 2.05) is 0 Å². The number of alkyl halides is 1. The highest BCUT2D eigenvalue weighted by Crippen LogP contribution is 2.41. The number of halogens is 1. The van der Waals surface area contributed by atoms with E-state index in [1.165, 1.54) is 43.9 Å². The van der Waals surface area contributed by atoms with Crippen LogP contribution in [0.2, 0.25) is 0 Å². The van der Waals surface area contributed by atoms with Crippen molar-refractivity contribution >= 4 is 23.4 Å². The van der Waals surface area contributed by atoms with Crippen LogP contribution in [-0.4, -0.2) is 41.4 Å². The third-order valence-electron chi connectivity index (χ3n) is 3.67. The van der Waals surface area contributed by atoms with Gasteiger partial charge in [-0.1, -0.05) is 13.3 Å². The number of hydrogen-bond donors (Lipinski definition) is 0.